The highest BCUT2D eigenvalue weighted by molar-refractivity contribution is 7.99. The Balaban J connectivity index is 1.84. The predicted octanol–water partition coefficient (Wildman–Crippen LogP) is 4.92. The van der Waals surface area contributed by atoms with Crippen LogP contribution in [0.25, 0.3) is 11.4 Å². The monoisotopic (exact) mass is 366 g/mol. The first-order valence-electron chi connectivity index (χ1n) is 8.51. The van der Waals surface area contributed by atoms with Crippen LogP contribution in [-0.2, 0) is 6.54 Å². The van der Waals surface area contributed by atoms with Crippen molar-refractivity contribution in [2.45, 2.75) is 31.0 Å². The maximum Gasteiger partial charge on any atom is 0.191 e. The van der Waals surface area contributed by atoms with Gasteiger partial charge >= 0.3 is 0 Å². The second-order valence-electron chi connectivity index (χ2n) is 5.85. The third kappa shape index (κ3) is 4.70. The van der Waals surface area contributed by atoms with Crippen molar-refractivity contribution >= 4 is 11.8 Å². The summed E-state index contributed by atoms with van der Waals surface area (Å²) in [5, 5.41) is 18.2. The van der Waals surface area contributed by atoms with E-state index < -0.39 is 0 Å². The molecule has 0 saturated carbocycles. The summed E-state index contributed by atoms with van der Waals surface area (Å²) in [5.41, 5.74) is 1.99. The molecule has 6 heteroatoms. The summed E-state index contributed by atoms with van der Waals surface area (Å²) < 4.78 is 15.3. The van der Waals surface area contributed by atoms with E-state index in [0.717, 1.165) is 40.7 Å². The Labute approximate surface area is 156 Å². The normalized spacial score (nSPS) is 10.6. The fraction of sp³-hybridized carbons (Fsp3) is 0.250. The number of halogens is 1. The molecule has 132 valence electrons. The van der Waals surface area contributed by atoms with Crippen LogP contribution < -0.4 is 0 Å². The number of rotatable bonds is 8. The molecule has 0 atom stereocenters. The molecule has 0 amide bonds. The van der Waals surface area contributed by atoms with Crippen LogP contribution in [0.1, 0.15) is 24.8 Å². The van der Waals surface area contributed by atoms with Crippen molar-refractivity contribution in [1.29, 1.82) is 5.26 Å². The minimum atomic E-state index is -0.269. The van der Waals surface area contributed by atoms with Gasteiger partial charge in [-0.3, -0.25) is 4.57 Å². The van der Waals surface area contributed by atoms with Gasteiger partial charge in [0, 0.05) is 17.7 Å². The topological polar surface area (TPSA) is 54.5 Å². The number of nitriles is 1. The zero-order valence-corrected chi connectivity index (χ0v) is 15.1. The third-order valence-corrected chi connectivity index (χ3v) is 4.97. The first kappa shape index (κ1) is 18.2. The molecule has 1 heterocycles. The Kier molecular flexibility index (Phi) is 6.39. The van der Waals surface area contributed by atoms with Gasteiger partial charge in [-0.1, -0.05) is 42.1 Å². The van der Waals surface area contributed by atoms with E-state index in [-0.39, 0.29) is 5.82 Å². The van der Waals surface area contributed by atoms with Crippen LogP contribution in [0.4, 0.5) is 4.39 Å². The van der Waals surface area contributed by atoms with Gasteiger partial charge in [0.1, 0.15) is 5.82 Å². The highest BCUT2D eigenvalue weighted by Crippen LogP contribution is 2.26. The molecule has 0 fully saturated rings. The van der Waals surface area contributed by atoms with Crippen LogP contribution in [0.2, 0.25) is 0 Å². The van der Waals surface area contributed by atoms with E-state index in [0.29, 0.717) is 13.0 Å². The van der Waals surface area contributed by atoms with Gasteiger partial charge < -0.3 is 0 Å². The molecule has 26 heavy (non-hydrogen) atoms. The van der Waals surface area contributed by atoms with Crippen LogP contribution in [0, 0.1) is 17.1 Å². The smallest absolute Gasteiger partial charge is 0.191 e. The Hall–Kier alpha value is -2.65. The molecule has 4 nitrogen and oxygen atoms in total. The number of hydrogen-bond donors (Lipinski definition) is 0. The molecule has 0 N–H and O–H groups in total. The SMILES string of the molecule is N#CCCCCSc1nnc(-c2ccc(F)cc2)n1Cc1ccccc1. The molecule has 0 spiro atoms. The van der Waals surface area contributed by atoms with Crippen molar-refractivity contribution in [2.75, 3.05) is 5.75 Å². The van der Waals surface area contributed by atoms with E-state index >= 15 is 0 Å². The third-order valence-electron chi connectivity index (χ3n) is 3.92. The maximum atomic E-state index is 13.3. The van der Waals surface area contributed by atoms with Crippen LogP contribution in [-0.4, -0.2) is 20.5 Å². The van der Waals surface area contributed by atoms with Gasteiger partial charge in [0.15, 0.2) is 11.0 Å². The van der Waals surface area contributed by atoms with Gasteiger partial charge in [0.05, 0.1) is 12.6 Å². The van der Waals surface area contributed by atoms with Crippen molar-refractivity contribution in [3.05, 3.63) is 66.0 Å². The molecular weight excluding hydrogens is 347 g/mol. The van der Waals surface area contributed by atoms with E-state index in [1.54, 1.807) is 23.9 Å². The van der Waals surface area contributed by atoms with Crippen molar-refractivity contribution < 1.29 is 4.39 Å². The second kappa shape index (κ2) is 9.16. The van der Waals surface area contributed by atoms with Crippen molar-refractivity contribution in [1.82, 2.24) is 14.8 Å². The lowest BCUT2D eigenvalue weighted by atomic mass is 10.2. The van der Waals surface area contributed by atoms with Crippen molar-refractivity contribution in [3.8, 4) is 17.5 Å². The summed E-state index contributed by atoms with van der Waals surface area (Å²) in [6, 6.07) is 18.6. The van der Waals surface area contributed by atoms with Gasteiger partial charge in [-0.2, -0.15) is 5.26 Å². The van der Waals surface area contributed by atoms with Crippen molar-refractivity contribution in [3.63, 3.8) is 0 Å². The number of hydrogen-bond acceptors (Lipinski definition) is 4. The molecule has 1 aromatic heterocycles. The molecular formula is C20H19FN4S. The molecule has 0 aliphatic carbocycles. The minimum absolute atomic E-state index is 0.269. The molecule has 0 bridgehead atoms. The van der Waals surface area contributed by atoms with E-state index in [1.807, 2.05) is 18.2 Å². The summed E-state index contributed by atoms with van der Waals surface area (Å²) in [6.45, 7) is 0.654. The fourth-order valence-corrected chi connectivity index (χ4v) is 3.52. The van der Waals surface area contributed by atoms with E-state index in [1.165, 1.54) is 12.1 Å². The molecule has 0 radical (unpaired) electrons. The highest BCUT2D eigenvalue weighted by Gasteiger charge is 2.15. The second-order valence-corrected chi connectivity index (χ2v) is 6.91. The number of unbranched alkanes of at least 4 members (excludes halogenated alkanes) is 2. The lowest BCUT2D eigenvalue weighted by Crippen LogP contribution is -2.04. The van der Waals surface area contributed by atoms with Crippen LogP contribution in [0.15, 0.2) is 59.8 Å². The standard InChI is InChI=1S/C20H19FN4S/c21-18-11-9-17(10-12-18)19-23-24-20(26-14-6-2-5-13-22)25(19)15-16-7-3-1-4-8-16/h1,3-4,7-12H,2,5-6,14-15H2. The maximum absolute atomic E-state index is 13.3. The quantitative estimate of drug-likeness (QED) is 0.419. The lowest BCUT2D eigenvalue weighted by molar-refractivity contribution is 0.628. The number of benzene rings is 2. The van der Waals surface area contributed by atoms with Crippen LogP contribution in [0.3, 0.4) is 0 Å². The Bertz CT molecular complexity index is 869. The molecule has 3 aromatic rings. The number of thioether (sulfide) groups is 1. The van der Waals surface area contributed by atoms with Crippen LogP contribution >= 0.6 is 11.8 Å². The first-order chi connectivity index (χ1) is 12.8. The molecule has 0 saturated heterocycles. The molecule has 2 aromatic carbocycles. The fourth-order valence-electron chi connectivity index (χ4n) is 2.59. The lowest BCUT2D eigenvalue weighted by Gasteiger charge is -2.10. The van der Waals surface area contributed by atoms with Crippen LogP contribution in [0.5, 0.6) is 0 Å². The van der Waals surface area contributed by atoms with Crippen molar-refractivity contribution in [2.24, 2.45) is 0 Å². The summed E-state index contributed by atoms with van der Waals surface area (Å²) in [4.78, 5) is 0. The van der Waals surface area contributed by atoms with Gasteiger partial charge in [-0.15, -0.1) is 10.2 Å². The van der Waals surface area contributed by atoms with Gasteiger partial charge in [0.25, 0.3) is 0 Å². The van der Waals surface area contributed by atoms with E-state index in [9.17, 15) is 4.39 Å². The van der Waals surface area contributed by atoms with Gasteiger partial charge in [-0.25, -0.2) is 4.39 Å². The average molecular weight is 366 g/mol. The zero-order valence-electron chi connectivity index (χ0n) is 14.3. The first-order valence-corrected chi connectivity index (χ1v) is 9.49. The summed E-state index contributed by atoms with van der Waals surface area (Å²) >= 11 is 1.64. The predicted molar refractivity (Wildman–Crippen MR) is 101 cm³/mol. The Morgan fingerprint density at radius 2 is 1.77 bits per heavy atom. The Morgan fingerprint density at radius 1 is 1.00 bits per heavy atom. The summed E-state index contributed by atoms with van der Waals surface area (Å²) in [5.74, 6) is 1.35. The molecule has 0 aliphatic rings. The molecule has 0 unspecified atom stereocenters. The van der Waals surface area contributed by atoms with Gasteiger partial charge in [0.2, 0.25) is 0 Å². The average Bonchev–Trinajstić information content (AvgIpc) is 3.06. The highest BCUT2D eigenvalue weighted by atomic mass is 32.2. The van der Waals surface area contributed by atoms with E-state index in [4.69, 9.17) is 5.26 Å². The molecule has 3 rings (SSSR count). The number of aromatic nitrogens is 3. The van der Waals surface area contributed by atoms with E-state index in [2.05, 4.69) is 33.0 Å². The Morgan fingerprint density at radius 3 is 2.50 bits per heavy atom. The minimum Gasteiger partial charge on any atom is -0.298 e. The summed E-state index contributed by atoms with van der Waals surface area (Å²) in [6.07, 6.45) is 2.43. The largest absolute Gasteiger partial charge is 0.298 e. The van der Waals surface area contributed by atoms with Gasteiger partial charge in [-0.05, 0) is 42.7 Å². The number of nitrogens with zero attached hydrogens (tertiary/aromatic N) is 4. The zero-order chi connectivity index (χ0) is 18.2. The molecule has 0 aliphatic heterocycles. The summed E-state index contributed by atoms with van der Waals surface area (Å²) in [7, 11) is 0.